The normalized spacial score (nSPS) is 18.7. The Kier molecular flexibility index (Phi) is 1.33. The molecular formula is C4H4NS. The van der Waals surface area contributed by atoms with Crippen LogP contribution in [-0.2, 0) is 0 Å². The third-order valence-corrected chi connectivity index (χ3v) is 1.03. The van der Waals surface area contributed by atoms with Crippen LogP contribution >= 0.6 is 11.9 Å². The number of rotatable bonds is 0. The maximum atomic E-state index is 3.76. The molecule has 0 atom stereocenters. The molecule has 1 rings (SSSR count). The van der Waals surface area contributed by atoms with Crippen molar-refractivity contribution in [2.45, 2.75) is 6.42 Å². The Bertz CT molecular complexity index is 65.5. The van der Waals surface area contributed by atoms with Crippen LogP contribution in [0.2, 0.25) is 0 Å². The summed E-state index contributed by atoms with van der Waals surface area (Å²) in [6.45, 7) is 0. The maximum Gasteiger partial charge on any atom is 0.0753 e. The maximum absolute atomic E-state index is 3.76. The Hall–Kier alpha value is -0.240. The first-order valence-electron chi connectivity index (χ1n) is 1.74. The Labute approximate surface area is 41.3 Å². The summed E-state index contributed by atoms with van der Waals surface area (Å²) in [5, 5.41) is 1.95. The minimum Gasteiger partial charge on any atom is -0.214 e. The van der Waals surface area contributed by atoms with Crippen LogP contribution < -0.4 is 0 Å². The Morgan fingerprint density at radius 1 is 1.83 bits per heavy atom. The minimum atomic E-state index is 0.882. The minimum absolute atomic E-state index is 0.882. The van der Waals surface area contributed by atoms with E-state index in [0.29, 0.717) is 0 Å². The summed E-state index contributed by atoms with van der Waals surface area (Å²) in [5.41, 5.74) is 0. The summed E-state index contributed by atoms with van der Waals surface area (Å²) >= 11 is 1.43. The SMILES string of the molecule is [C]1=NSC=CC1. The topological polar surface area (TPSA) is 12.4 Å². The van der Waals surface area contributed by atoms with E-state index in [1.54, 1.807) is 0 Å². The molecule has 1 aliphatic heterocycles. The van der Waals surface area contributed by atoms with E-state index in [9.17, 15) is 0 Å². The molecule has 0 saturated carbocycles. The van der Waals surface area contributed by atoms with Gasteiger partial charge in [0.2, 0.25) is 0 Å². The molecule has 0 spiro atoms. The molecule has 1 nitrogen and oxygen atoms in total. The van der Waals surface area contributed by atoms with E-state index in [1.807, 2.05) is 11.5 Å². The average Bonchev–Trinajstić information content (AvgIpc) is 1.72. The van der Waals surface area contributed by atoms with Crippen LogP contribution in [-0.4, -0.2) is 6.21 Å². The second kappa shape index (κ2) is 2.03. The van der Waals surface area contributed by atoms with Gasteiger partial charge >= 0.3 is 0 Å². The van der Waals surface area contributed by atoms with Gasteiger partial charge in [0.1, 0.15) is 0 Å². The number of allylic oxidation sites excluding steroid dienone is 1. The third-order valence-electron chi connectivity index (χ3n) is 0.483. The van der Waals surface area contributed by atoms with E-state index >= 15 is 0 Å². The van der Waals surface area contributed by atoms with E-state index < -0.39 is 0 Å². The van der Waals surface area contributed by atoms with Gasteiger partial charge in [-0.1, -0.05) is 6.08 Å². The fraction of sp³-hybridized carbons (Fsp3) is 0.250. The van der Waals surface area contributed by atoms with Crippen LogP contribution in [0.4, 0.5) is 0 Å². The lowest BCUT2D eigenvalue weighted by molar-refractivity contribution is 1.53. The van der Waals surface area contributed by atoms with Crippen molar-refractivity contribution in [2.75, 3.05) is 0 Å². The van der Waals surface area contributed by atoms with E-state index in [2.05, 4.69) is 10.6 Å². The smallest absolute Gasteiger partial charge is 0.0753 e. The monoisotopic (exact) mass is 98.0 g/mol. The molecule has 0 amide bonds. The lowest BCUT2D eigenvalue weighted by Gasteiger charge is -1.85. The quantitative estimate of drug-likeness (QED) is 0.418. The van der Waals surface area contributed by atoms with Gasteiger partial charge in [0.15, 0.2) is 0 Å². The molecule has 0 bridgehead atoms. The molecule has 31 valence electrons. The zero-order valence-corrected chi connectivity index (χ0v) is 4.03. The Morgan fingerprint density at radius 3 is 3.00 bits per heavy atom. The highest BCUT2D eigenvalue weighted by molar-refractivity contribution is 8.01. The Morgan fingerprint density at radius 2 is 2.83 bits per heavy atom. The molecule has 0 unspecified atom stereocenters. The molecule has 0 saturated heterocycles. The standard InChI is InChI=1S/C4H4NS/c1-2-4-6-5-3-1/h2,4H,1H2. The lowest BCUT2D eigenvalue weighted by Crippen LogP contribution is -1.69. The van der Waals surface area contributed by atoms with Gasteiger partial charge in [0, 0.05) is 18.4 Å². The molecule has 0 aromatic heterocycles. The molecule has 0 aromatic carbocycles. The molecule has 0 aliphatic carbocycles. The third kappa shape index (κ3) is 0.863. The second-order valence-electron chi connectivity index (χ2n) is 0.931. The first-order chi connectivity index (χ1) is 3.00. The van der Waals surface area contributed by atoms with Crippen molar-refractivity contribution in [2.24, 2.45) is 4.40 Å². The largest absolute Gasteiger partial charge is 0.214 e. The summed E-state index contributed by atoms with van der Waals surface area (Å²) in [6, 6.07) is 0. The van der Waals surface area contributed by atoms with Crippen molar-refractivity contribution in [1.82, 2.24) is 0 Å². The fourth-order valence-corrected chi connectivity index (χ4v) is 0.641. The zero-order valence-electron chi connectivity index (χ0n) is 3.22. The predicted octanol–water partition coefficient (Wildman–Crippen LogP) is 1.50. The van der Waals surface area contributed by atoms with E-state index in [-0.39, 0.29) is 0 Å². The molecule has 0 fully saturated rings. The highest BCUT2D eigenvalue weighted by Gasteiger charge is 1.79. The molecule has 0 aromatic rings. The molecule has 6 heavy (non-hydrogen) atoms. The van der Waals surface area contributed by atoms with Gasteiger partial charge in [-0.2, -0.15) is 0 Å². The van der Waals surface area contributed by atoms with Gasteiger partial charge in [-0.3, -0.25) is 0 Å². The van der Waals surface area contributed by atoms with Gasteiger partial charge in [-0.05, 0) is 5.41 Å². The van der Waals surface area contributed by atoms with Crippen LogP contribution in [0.1, 0.15) is 6.42 Å². The highest BCUT2D eigenvalue weighted by atomic mass is 32.2. The van der Waals surface area contributed by atoms with Gasteiger partial charge in [-0.25, -0.2) is 4.40 Å². The van der Waals surface area contributed by atoms with Gasteiger partial charge in [0.05, 0.1) is 6.21 Å². The van der Waals surface area contributed by atoms with Crippen LogP contribution in [0.15, 0.2) is 15.9 Å². The van der Waals surface area contributed by atoms with Crippen molar-refractivity contribution in [3.8, 4) is 0 Å². The number of nitrogens with zero attached hydrogens (tertiary/aromatic N) is 1. The van der Waals surface area contributed by atoms with Crippen molar-refractivity contribution >= 4 is 18.2 Å². The summed E-state index contributed by atoms with van der Waals surface area (Å²) in [6.07, 6.45) is 5.69. The summed E-state index contributed by atoms with van der Waals surface area (Å²) in [4.78, 5) is 0. The van der Waals surface area contributed by atoms with Crippen LogP contribution in [0.5, 0.6) is 0 Å². The van der Waals surface area contributed by atoms with Crippen molar-refractivity contribution in [3.63, 3.8) is 0 Å². The molecule has 1 heterocycles. The zero-order chi connectivity index (χ0) is 4.24. The first-order valence-corrected chi connectivity index (χ1v) is 2.57. The Balaban J connectivity index is 2.40. The number of hydrogen-bond donors (Lipinski definition) is 0. The van der Waals surface area contributed by atoms with Gasteiger partial charge in [0.25, 0.3) is 0 Å². The van der Waals surface area contributed by atoms with E-state index in [1.165, 1.54) is 11.9 Å². The van der Waals surface area contributed by atoms with Crippen LogP contribution in [0.3, 0.4) is 0 Å². The summed E-state index contributed by atoms with van der Waals surface area (Å²) < 4.78 is 3.76. The second-order valence-corrected chi connectivity index (χ2v) is 1.60. The molecular weight excluding hydrogens is 94.1 g/mol. The van der Waals surface area contributed by atoms with Gasteiger partial charge < -0.3 is 0 Å². The summed E-state index contributed by atoms with van der Waals surface area (Å²) in [5.74, 6) is 0. The highest BCUT2D eigenvalue weighted by Crippen LogP contribution is 2.06. The molecule has 2 heteroatoms. The summed E-state index contributed by atoms with van der Waals surface area (Å²) in [7, 11) is 0. The number of hydrogen-bond acceptors (Lipinski definition) is 2. The first kappa shape index (κ1) is 3.93. The average molecular weight is 98.1 g/mol. The van der Waals surface area contributed by atoms with E-state index in [4.69, 9.17) is 0 Å². The predicted molar refractivity (Wildman–Crippen MR) is 28.8 cm³/mol. The van der Waals surface area contributed by atoms with Crippen LogP contribution in [0.25, 0.3) is 0 Å². The van der Waals surface area contributed by atoms with E-state index in [0.717, 1.165) is 6.42 Å². The van der Waals surface area contributed by atoms with Gasteiger partial charge in [-0.15, -0.1) is 0 Å². The molecule has 1 radical (unpaired) electrons. The fourth-order valence-electron chi connectivity index (χ4n) is 0.249. The molecule has 0 N–H and O–H groups in total. The van der Waals surface area contributed by atoms with Crippen molar-refractivity contribution in [1.29, 1.82) is 0 Å². The van der Waals surface area contributed by atoms with Crippen molar-refractivity contribution in [3.05, 3.63) is 11.5 Å². The lowest BCUT2D eigenvalue weighted by atomic mass is 10.5. The molecule has 1 aliphatic rings. The van der Waals surface area contributed by atoms with Crippen LogP contribution in [0, 0.1) is 0 Å². The van der Waals surface area contributed by atoms with Crippen molar-refractivity contribution < 1.29 is 0 Å².